The summed E-state index contributed by atoms with van der Waals surface area (Å²) in [5.41, 5.74) is 2.03. The Morgan fingerprint density at radius 2 is 2.14 bits per heavy atom. The average molecular weight is 285 g/mol. The third-order valence-electron chi connectivity index (χ3n) is 4.32. The first-order valence-corrected chi connectivity index (χ1v) is 7.66. The molecule has 1 fully saturated rings. The average Bonchev–Trinajstić information content (AvgIpc) is 3.08. The van der Waals surface area contributed by atoms with Crippen LogP contribution in [0.1, 0.15) is 26.0 Å². The van der Waals surface area contributed by atoms with Crippen molar-refractivity contribution in [2.24, 2.45) is 13.0 Å². The largest absolute Gasteiger partial charge is 0.333 e. The molecule has 0 bridgehead atoms. The van der Waals surface area contributed by atoms with Gasteiger partial charge in [-0.15, -0.1) is 0 Å². The van der Waals surface area contributed by atoms with Crippen molar-refractivity contribution in [2.45, 2.75) is 32.7 Å². The zero-order chi connectivity index (χ0) is 14.8. The molecule has 3 rings (SSSR count). The van der Waals surface area contributed by atoms with Crippen LogP contribution in [-0.2, 0) is 13.5 Å². The zero-order valence-corrected chi connectivity index (χ0v) is 13.0. The standard InChI is InChI=1S/C16H23N5/c1-12(2)21-6-4-13(10-21)8-14-9-15(19-11-18-14)16-17-5-7-20(16)3/h5,7,9,11-13H,4,6,8,10H2,1-3H3/t13-/m1/s1. The molecule has 1 atom stereocenters. The van der Waals surface area contributed by atoms with Gasteiger partial charge >= 0.3 is 0 Å². The molecule has 0 amide bonds. The fraction of sp³-hybridized carbons (Fsp3) is 0.562. The molecule has 0 aliphatic carbocycles. The molecule has 21 heavy (non-hydrogen) atoms. The number of nitrogens with zero attached hydrogens (tertiary/aromatic N) is 5. The van der Waals surface area contributed by atoms with Crippen molar-refractivity contribution in [2.75, 3.05) is 13.1 Å². The summed E-state index contributed by atoms with van der Waals surface area (Å²) in [7, 11) is 1.99. The first kappa shape index (κ1) is 14.2. The van der Waals surface area contributed by atoms with E-state index in [1.54, 1.807) is 12.5 Å². The summed E-state index contributed by atoms with van der Waals surface area (Å²) in [6.07, 6.45) is 7.70. The van der Waals surface area contributed by atoms with Crippen LogP contribution in [0.15, 0.2) is 24.8 Å². The Hall–Kier alpha value is -1.75. The van der Waals surface area contributed by atoms with Crippen molar-refractivity contribution in [3.8, 4) is 11.5 Å². The summed E-state index contributed by atoms with van der Waals surface area (Å²) in [6.45, 7) is 6.93. The Labute approximate surface area is 126 Å². The van der Waals surface area contributed by atoms with Crippen LogP contribution in [0.4, 0.5) is 0 Å². The Morgan fingerprint density at radius 1 is 1.29 bits per heavy atom. The summed E-state index contributed by atoms with van der Waals surface area (Å²) in [5.74, 6) is 1.60. The maximum Gasteiger partial charge on any atom is 0.158 e. The van der Waals surface area contributed by atoms with Crippen LogP contribution in [0.5, 0.6) is 0 Å². The van der Waals surface area contributed by atoms with Crippen LogP contribution < -0.4 is 0 Å². The second-order valence-electron chi connectivity index (χ2n) is 6.20. The van der Waals surface area contributed by atoms with Gasteiger partial charge in [0.05, 0.1) is 0 Å². The van der Waals surface area contributed by atoms with Gasteiger partial charge in [0.15, 0.2) is 5.82 Å². The molecule has 5 nitrogen and oxygen atoms in total. The van der Waals surface area contributed by atoms with Crippen molar-refractivity contribution in [3.63, 3.8) is 0 Å². The lowest BCUT2D eigenvalue weighted by Crippen LogP contribution is -2.28. The van der Waals surface area contributed by atoms with Gasteiger partial charge < -0.3 is 9.47 Å². The highest BCUT2D eigenvalue weighted by Crippen LogP contribution is 2.23. The molecule has 112 valence electrons. The van der Waals surface area contributed by atoms with Gasteiger partial charge in [-0.1, -0.05) is 0 Å². The highest BCUT2D eigenvalue weighted by atomic mass is 15.2. The second kappa shape index (κ2) is 5.93. The first-order chi connectivity index (χ1) is 10.1. The van der Waals surface area contributed by atoms with Gasteiger partial charge in [-0.2, -0.15) is 0 Å². The fourth-order valence-corrected chi connectivity index (χ4v) is 3.04. The molecule has 0 aromatic carbocycles. The molecule has 1 saturated heterocycles. The van der Waals surface area contributed by atoms with Crippen molar-refractivity contribution < 1.29 is 0 Å². The predicted molar refractivity (Wildman–Crippen MR) is 82.8 cm³/mol. The number of hydrogen-bond donors (Lipinski definition) is 0. The van der Waals surface area contributed by atoms with Crippen molar-refractivity contribution in [1.29, 1.82) is 0 Å². The molecule has 0 spiro atoms. The number of imidazole rings is 1. The van der Waals surface area contributed by atoms with E-state index in [1.807, 2.05) is 17.8 Å². The SMILES string of the molecule is CC(C)N1CC[C@H](Cc2cc(-c3nccn3C)ncn2)C1. The molecule has 0 saturated carbocycles. The fourth-order valence-electron chi connectivity index (χ4n) is 3.04. The smallest absolute Gasteiger partial charge is 0.158 e. The minimum absolute atomic E-state index is 0.642. The molecule has 1 aliphatic heterocycles. The lowest BCUT2D eigenvalue weighted by atomic mass is 10.0. The van der Waals surface area contributed by atoms with E-state index in [9.17, 15) is 0 Å². The van der Waals surface area contributed by atoms with E-state index in [4.69, 9.17) is 0 Å². The lowest BCUT2D eigenvalue weighted by molar-refractivity contribution is 0.265. The van der Waals surface area contributed by atoms with E-state index in [0.29, 0.717) is 12.0 Å². The summed E-state index contributed by atoms with van der Waals surface area (Å²) >= 11 is 0. The Bertz CT molecular complexity index is 604. The summed E-state index contributed by atoms with van der Waals surface area (Å²) in [6, 6.07) is 2.73. The van der Waals surface area contributed by atoms with Crippen molar-refractivity contribution in [1.82, 2.24) is 24.4 Å². The number of rotatable bonds is 4. The molecule has 5 heteroatoms. The molecular formula is C16H23N5. The summed E-state index contributed by atoms with van der Waals surface area (Å²) < 4.78 is 1.99. The number of aryl methyl sites for hydroxylation is 1. The highest BCUT2D eigenvalue weighted by molar-refractivity contribution is 5.49. The summed E-state index contributed by atoms with van der Waals surface area (Å²) in [5, 5.41) is 0. The van der Waals surface area contributed by atoms with Crippen LogP contribution in [0.2, 0.25) is 0 Å². The maximum atomic E-state index is 4.45. The molecule has 2 aromatic heterocycles. The number of aromatic nitrogens is 4. The molecular weight excluding hydrogens is 262 g/mol. The summed E-state index contributed by atoms with van der Waals surface area (Å²) in [4.78, 5) is 15.7. The monoisotopic (exact) mass is 285 g/mol. The maximum absolute atomic E-state index is 4.45. The third kappa shape index (κ3) is 3.13. The third-order valence-corrected chi connectivity index (χ3v) is 4.32. The van der Waals surface area contributed by atoms with Crippen LogP contribution in [0.25, 0.3) is 11.5 Å². The van der Waals surface area contributed by atoms with E-state index in [0.717, 1.165) is 23.6 Å². The normalized spacial score (nSPS) is 19.5. The van der Waals surface area contributed by atoms with Gasteiger partial charge in [-0.3, -0.25) is 0 Å². The Morgan fingerprint density at radius 3 is 2.81 bits per heavy atom. The molecule has 2 aromatic rings. The minimum Gasteiger partial charge on any atom is -0.333 e. The van der Waals surface area contributed by atoms with Gasteiger partial charge in [0.25, 0.3) is 0 Å². The molecule has 0 radical (unpaired) electrons. The number of hydrogen-bond acceptors (Lipinski definition) is 4. The topological polar surface area (TPSA) is 46.8 Å². The van der Waals surface area contributed by atoms with Gasteiger partial charge in [0.2, 0.25) is 0 Å². The quantitative estimate of drug-likeness (QED) is 0.863. The van der Waals surface area contributed by atoms with Crippen LogP contribution >= 0.6 is 0 Å². The van der Waals surface area contributed by atoms with Crippen LogP contribution in [0, 0.1) is 5.92 Å². The minimum atomic E-state index is 0.642. The van der Waals surface area contributed by atoms with E-state index in [2.05, 4.69) is 39.8 Å². The zero-order valence-electron chi connectivity index (χ0n) is 13.0. The molecule has 1 aliphatic rings. The van der Waals surface area contributed by atoms with Gasteiger partial charge in [-0.25, -0.2) is 15.0 Å². The van der Waals surface area contributed by atoms with Gasteiger partial charge in [-0.05, 0) is 45.2 Å². The molecule has 0 N–H and O–H groups in total. The van der Waals surface area contributed by atoms with Crippen LogP contribution in [-0.4, -0.2) is 43.6 Å². The van der Waals surface area contributed by atoms with Crippen molar-refractivity contribution in [3.05, 3.63) is 30.5 Å². The van der Waals surface area contributed by atoms with Crippen LogP contribution in [0.3, 0.4) is 0 Å². The Balaban J connectivity index is 1.71. The van der Waals surface area contributed by atoms with E-state index < -0.39 is 0 Å². The second-order valence-corrected chi connectivity index (χ2v) is 6.20. The molecule has 0 unspecified atom stereocenters. The Kier molecular flexibility index (Phi) is 4.01. The van der Waals surface area contributed by atoms with Gasteiger partial charge in [0.1, 0.15) is 12.0 Å². The van der Waals surface area contributed by atoms with E-state index >= 15 is 0 Å². The van der Waals surface area contributed by atoms with Crippen molar-refractivity contribution >= 4 is 0 Å². The first-order valence-electron chi connectivity index (χ1n) is 7.66. The molecule has 3 heterocycles. The predicted octanol–water partition coefficient (Wildman–Crippen LogP) is 2.15. The number of likely N-dealkylation sites (tertiary alicyclic amines) is 1. The van der Waals surface area contributed by atoms with E-state index in [-0.39, 0.29) is 0 Å². The van der Waals surface area contributed by atoms with Gasteiger partial charge in [0, 0.05) is 37.7 Å². The lowest BCUT2D eigenvalue weighted by Gasteiger charge is -2.20. The highest BCUT2D eigenvalue weighted by Gasteiger charge is 2.24. The van der Waals surface area contributed by atoms with E-state index in [1.165, 1.54) is 19.5 Å².